The van der Waals surface area contributed by atoms with Crippen LogP contribution in [0.25, 0.3) is 0 Å². The van der Waals surface area contributed by atoms with Crippen LogP contribution >= 0.6 is 11.8 Å². The van der Waals surface area contributed by atoms with Crippen LogP contribution in [-0.2, 0) is 9.59 Å². The molecular weight excluding hydrogens is 292 g/mol. The van der Waals surface area contributed by atoms with Gasteiger partial charge in [0.2, 0.25) is 11.8 Å². The number of carbonyl (C=O) groups is 2. The van der Waals surface area contributed by atoms with Gasteiger partial charge in [0, 0.05) is 7.05 Å². The molecule has 21 heavy (non-hydrogen) atoms. The lowest BCUT2D eigenvalue weighted by atomic mass is 10.1. The minimum atomic E-state index is -0.173. The van der Waals surface area contributed by atoms with Crippen molar-refractivity contribution in [2.24, 2.45) is 0 Å². The van der Waals surface area contributed by atoms with Gasteiger partial charge in [0.25, 0.3) is 0 Å². The summed E-state index contributed by atoms with van der Waals surface area (Å²) in [6.45, 7) is 1.14. The fraction of sp³-hybridized carbons (Fsp3) is 0.429. The lowest BCUT2D eigenvalue weighted by molar-refractivity contribution is -0.133. The Morgan fingerprint density at radius 3 is 2.90 bits per heavy atom. The molecule has 0 bridgehead atoms. The standard InChI is InChI=1S/C14H16N2O4S/c1-15-12(17)7-16-13(18)8-21-14(16)9-2-3-10-11(6-9)20-5-4-19-10/h2-3,6,14H,4-5,7-8H2,1H3,(H,15,17). The molecule has 2 aliphatic heterocycles. The second-order valence-electron chi connectivity index (χ2n) is 4.76. The highest BCUT2D eigenvalue weighted by Crippen LogP contribution is 2.41. The molecule has 1 N–H and O–H groups in total. The molecule has 2 aliphatic rings. The Labute approximate surface area is 126 Å². The van der Waals surface area contributed by atoms with Crippen molar-refractivity contribution in [1.82, 2.24) is 10.2 Å². The van der Waals surface area contributed by atoms with E-state index >= 15 is 0 Å². The van der Waals surface area contributed by atoms with Gasteiger partial charge in [-0.2, -0.15) is 0 Å². The third kappa shape index (κ3) is 2.78. The first kappa shape index (κ1) is 14.1. The molecular formula is C14H16N2O4S. The van der Waals surface area contributed by atoms with Gasteiger partial charge in [-0.05, 0) is 17.7 Å². The van der Waals surface area contributed by atoms with E-state index in [0.717, 1.165) is 11.3 Å². The fourth-order valence-corrected chi connectivity index (χ4v) is 3.53. The summed E-state index contributed by atoms with van der Waals surface area (Å²) in [6.07, 6.45) is 0. The Morgan fingerprint density at radius 1 is 1.38 bits per heavy atom. The molecule has 0 spiro atoms. The summed E-state index contributed by atoms with van der Waals surface area (Å²) in [5.41, 5.74) is 0.944. The second-order valence-corrected chi connectivity index (χ2v) is 5.83. The van der Waals surface area contributed by atoms with Gasteiger partial charge in [-0.3, -0.25) is 9.59 Å². The maximum Gasteiger partial charge on any atom is 0.239 e. The van der Waals surface area contributed by atoms with E-state index in [1.807, 2.05) is 18.2 Å². The molecule has 7 heteroatoms. The molecule has 1 saturated heterocycles. The molecule has 0 aromatic heterocycles. The first-order valence-electron chi connectivity index (χ1n) is 6.70. The normalized spacial score (nSPS) is 20.5. The Kier molecular flexibility index (Phi) is 3.92. The number of benzene rings is 1. The highest BCUT2D eigenvalue weighted by molar-refractivity contribution is 8.00. The number of hydrogen-bond acceptors (Lipinski definition) is 5. The maximum atomic E-state index is 12.0. The van der Waals surface area contributed by atoms with Crippen LogP contribution in [0, 0.1) is 0 Å². The van der Waals surface area contributed by atoms with Crippen LogP contribution < -0.4 is 14.8 Å². The number of ether oxygens (including phenoxy) is 2. The van der Waals surface area contributed by atoms with Crippen LogP contribution in [0.15, 0.2) is 18.2 Å². The number of fused-ring (bicyclic) bond motifs is 1. The molecule has 6 nitrogen and oxygen atoms in total. The zero-order valence-electron chi connectivity index (χ0n) is 11.6. The monoisotopic (exact) mass is 308 g/mol. The largest absolute Gasteiger partial charge is 0.486 e. The quantitative estimate of drug-likeness (QED) is 0.893. The van der Waals surface area contributed by atoms with E-state index in [-0.39, 0.29) is 23.7 Å². The van der Waals surface area contributed by atoms with Crippen molar-refractivity contribution in [3.05, 3.63) is 23.8 Å². The molecule has 1 aromatic rings. The Morgan fingerprint density at radius 2 is 2.14 bits per heavy atom. The summed E-state index contributed by atoms with van der Waals surface area (Å²) in [5, 5.41) is 2.39. The Hall–Kier alpha value is -1.89. The van der Waals surface area contributed by atoms with Gasteiger partial charge in [0.05, 0.1) is 5.75 Å². The number of nitrogens with zero attached hydrogens (tertiary/aromatic N) is 1. The average molecular weight is 308 g/mol. The van der Waals surface area contributed by atoms with Gasteiger partial charge in [0.15, 0.2) is 11.5 Å². The van der Waals surface area contributed by atoms with E-state index in [1.54, 1.807) is 11.9 Å². The van der Waals surface area contributed by atoms with Gasteiger partial charge in [0.1, 0.15) is 25.1 Å². The molecule has 0 aliphatic carbocycles. The number of likely N-dealkylation sites (N-methyl/N-ethyl adjacent to an activating group) is 1. The van der Waals surface area contributed by atoms with E-state index in [9.17, 15) is 9.59 Å². The topological polar surface area (TPSA) is 67.9 Å². The first-order valence-corrected chi connectivity index (χ1v) is 7.75. The molecule has 1 atom stereocenters. The molecule has 1 fully saturated rings. The van der Waals surface area contributed by atoms with Crippen molar-refractivity contribution in [2.45, 2.75) is 5.37 Å². The SMILES string of the molecule is CNC(=O)CN1C(=O)CSC1c1ccc2c(c1)OCCO2. The summed E-state index contributed by atoms with van der Waals surface area (Å²) in [4.78, 5) is 25.1. The summed E-state index contributed by atoms with van der Waals surface area (Å²) < 4.78 is 11.1. The summed E-state index contributed by atoms with van der Waals surface area (Å²) >= 11 is 1.51. The average Bonchev–Trinajstić information content (AvgIpc) is 2.87. The van der Waals surface area contributed by atoms with E-state index in [4.69, 9.17) is 9.47 Å². The smallest absolute Gasteiger partial charge is 0.239 e. The number of thioether (sulfide) groups is 1. The van der Waals surface area contributed by atoms with E-state index in [0.29, 0.717) is 24.7 Å². The molecule has 0 radical (unpaired) electrons. The van der Waals surface area contributed by atoms with Crippen LogP contribution in [0.1, 0.15) is 10.9 Å². The number of hydrogen-bond donors (Lipinski definition) is 1. The van der Waals surface area contributed by atoms with Crippen LogP contribution in [0.3, 0.4) is 0 Å². The third-order valence-corrected chi connectivity index (χ3v) is 4.67. The number of rotatable bonds is 3. The van der Waals surface area contributed by atoms with E-state index in [2.05, 4.69) is 5.32 Å². The van der Waals surface area contributed by atoms with Gasteiger partial charge in [-0.1, -0.05) is 6.07 Å². The summed E-state index contributed by atoms with van der Waals surface area (Å²) in [6, 6.07) is 5.66. The van der Waals surface area contributed by atoms with Crippen LogP contribution in [-0.4, -0.2) is 49.3 Å². The van der Waals surface area contributed by atoms with Gasteiger partial charge in [-0.15, -0.1) is 11.8 Å². The molecule has 112 valence electrons. The Bertz CT molecular complexity index is 578. The zero-order chi connectivity index (χ0) is 14.8. The van der Waals surface area contributed by atoms with Crippen molar-refractivity contribution in [1.29, 1.82) is 0 Å². The maximum absolute atomic E-state index is 12.0. The van der Waals surface area contributed by atoms with Crippen molar-refractivity contribution >= 4 is 23.6 Å². The lowest BCUT2D eigenvalue weighted by Gasteiger charge is -2.25. The fourth-order valence-electron chi connectivity index (χ4n) is 2.35. The predicted octanol–water partition coefficient (Wildman–Crippen LogP) is 0.778. The molecule has 1 unspecified atom stereocenters. The molecule has 0 saturated carbocycles. The number of amides is 2. The minimum Gasteiger partial charge on any atom is -0.486 e. The second kappa shape index (κ2) is 5.85. The number of carbonyl (C=O) groups excluding carboxylic acids is 2. The van der Waals surface area contributed by atoms with Crippen molar-refractivity contribution in [3.63, 3.8) is 0 Å². The van der Waals surface area contributed by atoms with E-state index < -0.39 is 0 Å². The van der Waals surface area contributed by atoms with Crippen LogP contribution in [0.5, 0.6) is 11.5 Å². The first-order chi connectivity index (χ1) is 10.2. The highest BCUT2D eigenvalue weighted by atomic mass is 32.2. The third-order valence-electron chi connectivity index (χ3n) is 3.41. The van der Waals surface area contributed by atoms with Crippen molar-refractivity contribution < 1.29 is 19.1 Å². The van der Waals surface area contributed by atoms with E-state index in [1.165, 1.54) is 11.8 Å². The zero-order valence-corrected chi connectivity index (χ0v) is 12.4. The lowest BCUT2D eigenvalue weighted by Crippen LogP contribution is -2.38. The molecule has 2 amide bonds. The highest BCUT2D eigenvalue weighted by Gasteiger charge is 2.34. The molecule has 1 aromatic carbocycles. The Balaban J connectivity index is 1.84. The van der Waals surface area contributed by atoms with Gasteiger partial charge in [-0.25, -0.2) is 0 Å². The van der Waals surface area contributed by atoms with Crippen molar-refractivity contribution in [2.75, 3.05) is 32.6 Å². The minimum absolute atomic E-state index is 0.0245. The summed E-state index contributed by atoms with van der Waals surface area (Å²) in [5.74, 6) is 1.60. The van der Waals surface area contributed by atoms with Crippen molar-refractivity contribution in [3.8, 4) is 11.5 Å². The van der Waals surface area contributed by atoms with Crippen LogP contribution in [0.4, 0.5) is 0 Å². The molecule has 2 heterocycles. The summed E-state index contributed by atoms with van der Waals surface area (Å²) in [7, 11) is 1.56. The van der Waals surface area contributed by atoms with Gasteiger partial charge < -0.3 is 19.7 Å². The predicted molar refractivity (Wildman–Crippen MR) is 78.4 cm³/mol. The van der Waals surface area contributed by atoms with Gasteiger partial charge >= 0.3 is 0 Å². The number of nitrogens with one attached hydrogen (secondary N) is 1. The van der Waals surface area contributed by atoms with Crippen LogP contribution in [0.2, 0.25) is 0 Å². The molecule has 3 rings (SSSR count).